The summed E-state index contributed by atoms with van der Waals surface area (Å²) in [6, 6.07) is 0. The van der Waals surface area contributed by atoms with Crippen molar-refractivity contribution in [1.29, 1.82) is 0 Å². The van der Waals surface area contributed by atoms with E-state index >= 15 is 0 Å². The van der Waals surface area contributed by atoms with Crippen LogP contribution in [0.5, 0.6) is 0 Å². The molecule has 1 rings (SSSR count). The van der Waals surface area contributed by atoms with Gasteiger partial charge < -0.3 is 10.2 Å². The van der Waals surface area contributed by atoms with E-state index < -0.39 is 5.60 Å². The third-order valence-electron chi connectivity index (χ3n) is 5.39. The van der Waals surface area contributed by atoms with Crippen LogP contribution in [0.25, 0.3) is 0 Å². The minimum atomic E-state index is -0.484. The maximum absolute atomic E-state index is 11.0. The Kier molecular flexibility index (Phi) is 7.53. The Morgan fingerprint density at radius 3 is 2.25 bits per heavy atom. The van der Waals surface area contributed by atoms with E-state index in [1.807, 2.05) is 0 Å². The van der Waals surface area contributed by atoms with Gasteiger partial charge in [-0.2, -0.15) is 0 Å². The highest BCUT2D eigenvalue weighted by molar-refractivity contribution is 5.04. The zero-order valence-electron chi connectivity index (χ0n) is 13.9. The number of aliphatic hydroxyl groups is 2. The van der Waals surface area contributed by atoms with Gasteiger partial charge in [0.05, 0.1) is 5.60 Å². The van der Waals surface area contributed by atoms with Crippen molar-refractivity contribution in [2.24, 2.45) is 5.41 Å². The van der Waals surface area contributed by atoms with Crippen LogP contribution in [0.3, 0.4) is 0 Å². The van der Waals surface area contributed by atoms with Crippen LogP contribution in [0.1, 0.15) is 91.4 Å². The van der Waals surface area contributed by atoms with Crippen molar-refractivity contribution in [1.82, 2.24) is 0 Å². The Morgan fingerprint density at radius 1 is 1.05 bits per heavy atom. The average molecular weight is 283 g/mol. The summed E-state index contributed by atoms with van der Waals surface area (Å²) in [6.45, 7) is 7.02. The van der Waals surface area contributed by atoms with E-state index in [1.54, 1.807) is 5.92 Å². The first kappa shape index (κ1) is 18.0. The molecule has 0 aromatic heterocycles. The zero-order valence-corrected chi connectivity index (χ0v) is 13.9. The lowest BCUT2D eigenvalue weighted by Gasteiger charge is -2.47. The van der Waals surface area contributed by atoms with Crippen LogP contribution in [0.15, 0.2) is 0 Å². The summed E-state index contributed by atoms with van der Waals surface area (Å²) in [4.78, 5) is 0. The van der Waals surface area contributed by atoms with E-state index in [9.17, 15) is 5.11 Å². The van der Waals surface area contributed by atoms with E-state index in [0.29, 0.717) is 0 Å². The smallest absolute Gasteiger partial charge is 0.0698 e. The molecule has 0 saturated heterocycles. The van der Waals surface area contributed by atoms with E-state index in [4.69, 9.17) is 5.11 Å². The Bertz CT molecular complexity index is 252. The third-order valence-corrected chi connectivity index (χ3v) is 5.39. The molecule has 2 nitrogen and oxygen atoms in total. The van der Waals surface area contributed by atoms with Crippen molar-refractivity contribution in [2.45, 2.75) is 97.0 Å². The largest absolute Gasteiger partial charge is 0.396 e. The fraction of sp³-hybridized carbons (Fsp3) is 0.944. The molecule has 1 saturated carbocycles. The van der Waals surface area contributed by atoms with Crippen LogP contribution >= 0.6 is 0 Å². The molecule has 0 atom stereocenters. The van der Waals surface area contributed by atoms with Gasteiger partial charge in [-0.15, -0.1) is 0 Å². The van der Waals surface area contributed by atoms with Gasteiger partial charge in [-0.3, -0.25) is 0 Å². The number of rotatable bonds is 9. The lowest BCUT2D eigenvalue weighted by Crippen LogP contribution is -2.47. The predicted molar refractivity (Wildman–Crippen MR) is 85.5 cm³/mol. The molecule has 0 spiro atoms. The highest BCUT2D eigenvalue weighted by atomic mass is 16.3. The van der Waals surface area contributed by atoms with Gasteiger partial charge in [-0.05, 0) is 56.3 Å². The van der Waals surface area contributed by atoms with Crippen molar-refractivity contribution in [3.8, 4) is 0 Å². The maximum atomic E-state index is 11.0. The van der Waals surface area contributed by atoms with E-state index in [2.05, 4.69) is 20.8 Å². The second-order valence-electron chi connectivity index (χ2n) is 7.30. The van der Waals surface area contributed by atoms with Gasteiger partial charge in [-0.1, -0.05) is 46.5 Å². The van der Waals surface area contributed by atoms with E-state index in [1.165, 1.54) is 25.7 Å². The van der Waals surface area contributed by atoms with Crippen molar-refractivity contribution in [2.75, 3.05) is 6.61 Å². The zero-order chi connectivity index (χ0) is 15.1. The van der Waals surface area contributed by atoms with Gasteiger partial charge in [0.15, 0.2) is 0 Å². The lowest BCUT2D eigenvalue weighted by molar-refractivity contribution is -0.0948. The SMILES string of the molecule is CCCCCCC(C)(C)C1(O)CC[C](CCCO)CC1. The Morgan fingerprint density at radius 2 is 1.70 bits per heavy atom. The van der Waals surface area contributed by atoms with Gasteiger partial charge in [-0.25, -0.2) is 0 Å². The molecule has 1 radical (unpaired) electrons. The Balaban J connectivity index is 2.40. The summed E-state index contributed by atoms with van der Waals surface area (Å²) in [6.07, 6.45) is 12.1. The molecule has 20 heavy (non-hydrogen) atoms. The molecule has 2 N–H and O–H groups in total. The summed E-state index contributed by atoms with van der Waals surface area (Å²) < 4.78 is 0. The molecule has 2 heteroatoms. The van der Waals surface area contributed by atoms with Gasteiger partial charge in [0.2, 0.25) is 0 Å². The van der Waals surface area contributed by atoms with Gasteiger partial charge >= 0.3 is 0 Å². The predicted octanol–water partition coefficient (Wildman–Crippen LogP) is 4.64. The first-order chi connectivity index (χ1) is 9.45. The quantitative estimate of drug-likeness (QED) is 0.605. The summed E-state index contributed by atoms with van der Waals surface area (Å²) in [5.41, 5.74) is -0.453. The topological polar surface area (TPSA) is 40.5 Å². The van der Waals surface area contributed by atoms with Crippen LogP contribution in [-0.2, 0) is 0 Å². The fourth-order valence-corrected chi connectivity index (χ4v) is 3.50. The van der Waals surface area contributed by atoms with Crippen molar-refractivity contribution in [3.05, 3.63) is 5.92 Å². The van der Waals surface area contributed by atoms with Crippen LogP contribution in [0.4, 0.5) is 0 Å². The summed E-state index contributed by atoms with van der Waals surface area (Å²) in [5, 5.41) is 19.9. The second-order valence-corrected chi connectivity index (χ2v) is 7.30. The molecule has 0 amide bonds. The second kappa shape index (κ2) is 8.38. The lowest BCUT2D eigenvalue weighted by atomic mass is 9.63. The number of aliphatic hydroxyl groups excluding tert-OH is 1. The molecular weight excluding hydrogens is 248 g/mol. The molecule has 119 valence electrons. The Labute approximate surface area is 126 Å². The molecular formula is C18H35O2. The molecule has 1 aliphatic carbocycles. The standard InChI is InChI=1S/C18H35O2/c1-4-5-6-7-12-17(2,3)18(20)13-10-16(11-14-18)9-8-15-19/h19-20H,4-15H2,1-3H3. The Hall–Kier alpha value is -0.0800. The minimum absolute atomic E-state index is 0.0310. The summed E-state index contributed by atoms with van der Waals surface area (Å²) in [7, 11) is 0. The van der Waals surface area contributed by atoms with E-state index in [-0.39, 0.29) is 12.0 Å². The first-order valence-corrected chi connectivity index (χ1v) is 8.62. The maximum Gasteiger partial charge on any atom is 0.0698 e. The number of hydrogen-bond donors (Lipinski definition) is 2. The van der Waals surface area contributed by atoms with Crippen LogP contribution in [0, 0.1) is 11.3 Å². The van der Waals surface area contributed by atoms with Crippen molar-refractivity contribution in [3.63, 3.8) is 0 Å². The normalized spacial score (nSPS) is 20.2. The van der Waals surface area contributed by atoms with Crippen molar-refractivity contribution >= 4 is 0 Å². The van der Waals surface area contributed by atoms with Crippen LogP contribution < -0.4 is 0 Å². The van der Waals surface area contributed by atoms with Gasteiger partial charge in [0.25, 0.3) is 0 Å². The average Bonchev–Trinajstić information content (AvgIpc) is 2.43. The summed E-state index contributed by atoms with van der Waals surface area (Å²) in [5.74, 6) is 1.55. The first-order valence-electron chi connectivity index (χ1n) is 8.62. The molecule has 0 unspecified atom stereocenters. The minimum Gasteiger partial charge on any atom is -0.396 e. The highest BCUT2D eigenvalue weighted by Gasteiger charge is 2.44. The van der Waals surface area contributed by atoms with Crippen LogP contribution in [0.2, 0.25) is 0 Å². The van der Waals surface area contributed by atoms with Gasteiger partial charge in [0, 0.05) is 6.61 Å². The fourth-order valence-electron chi connectivity index (χ4n) is 3.50. The number of unbranched alkanes of at least 4 members (excludes halogenated alkanes) is 3. The van der Waals surface area contributed by atoms with Crippen molar-refractivity contribution < 1.29 is 10.2 Å². The van der Waals surface area contributed by atoms with E-state index in [0.717, 1.165) is 44.9 Å². The molecule has 1 aliphatic rings. The summed E-state index contributed by atoms with van der Waals surface area (Å²) >= 11 is 0. The molecule has 0 aromatic rings. The van der Waals surface area contributed by atoms with Gasteiger partial charge in [0.1, 0.15) is 0 Å². The van der Waals surface area contributed by atoms with Crippen LogP contribution in [-0.4, -0.2) is 22.4 Å². The number of hydrogen-bond acceptors (Lipinski definition) is 2. The molecule has 0 bridgehead atoms. The monoisotopic (exact) mass is 283 g/mol. The molecule has 0 heterocycles. The third kappa shape index (κ3) is 5.04. The molecule has 1 fully saturated rings. The highest BCUT2D eigenvalue weighted by Crippen LogP contribution is 2.47. The molecule has 0 aromatic carbocycles. The molecule has 0 aliphatic heterocycles.